The molecule has 80 valence electrons. The van der Waals surface area contributed by atoms with Gasteiger partial charge < -0.3 is 10.8 Å². The topological polar surface area (TPSA) is 46.2 Å². The molecule has 0 bridgehead atoms. The highest BCUT2D eigenvalue weighted by molar-refractivity contribution is 5.18. The maximum absolute atomic E-state index is 11.9. The molecule has 1 aromatic carbocycles. The van der Waals surface area contributed by atoms with Crippen LogP contribution in [-0.2, 0) is 0 Å². The fourth-order valence-electron chi connectivity index (χ4n) is 0.824. The summed E-state index contributed by atoms with van der Waals surface area (Å²) in [5, 5.41) is 8.73. The molecule has 0 radical (unpaired) electrons. The van der Waals surface area contributed by atoms with E-state index in [9.17, 15) is 13.2 Å². The third kappa shape index (κ3) is 3.76. The number of halogens is 3. The minimum Gasteiger partial charge on any atom is -0.379 e. The van der Waals surface area contributed by atoms with Crippen molar-refractivity contribution in [2.45, 2.75) is 12.3 Å². The van der Waals surface area contributed by atoms with Gasteiger partial charge in [0.15, 0.2) is 6.10 Å². The molecule has 5 heteroatoms. The third-order valence-electron chi connectivity index (χ3n) is 1.43. The molecule has 0 saturated carbocycles. The summed E-state index contributed by atoms with van der Waals surface area (Å²) in [6.45, 7) is 0. The van der Waals surface area contributed by atoms with Crippen LogP contribution in [0.1, 0.15) is 11.7 Å². The largest absolute Gasteiger partial charge is 0.418 e. The van der Waals surface area contributed by atoms with Gasteiger partial charge in [-0.15, -0.1) is 0 Å². The molecule has 0 aromatic heterocycles. The number of benzene rings is 1. The Balaban J connectivity index is 0.000000791. The van der Waals surface area contributed by atoms with E-state index >= 15 is 0 Å². The van der Waals surface area contributed by atoms with Crippen molar-refractivity contribution in [3.63, 3.8) is 0 Å². The van der Waals surface area contributed by atoms with Crippen LogP contribution in [0.4, 0.5) is 13.2 Å². The molecular formula is C9H12F3NO. The molecule has 1 unspecified atom stereocenters. The lowest BCUT2D eigenvalue weighted by Gasteiger charge is -2.13. The van der Waals surface area contributed by atoms with Gasteiger partial charge in [-0.1, -0.05) is 30.3 Å². The van der Waals surface area contributed by atoms with Crippen LogP contribution in [0.25, 0.3) is 0 Å². The summed E-state index contributed by atoms with van der Waals surface area (Å²) in [6.07, 6.45) is -6.96. The van der Waals surface area contributed by atoms with E-state index in [0.29, 0.717) is 0 Å². The molecule has 0 aliphatic heterocycles. The first-order valence-corrected chi connectivity index (χ1v) is 3.89. The highest BCUT2D eigenvalue weighted by Crippen LogP contribution is 2.31. The Labute approximate surface area is 80.2 Å². The maximum Gasteiger partial charge on any atom is 0.418 e. The Bertz CT molecular complexity index is 248. The average Bonchev–Trinajstić information content (AvgIpc) is 2.20. The van der Waals surface area contributed by atoms with Crippen LogP contribution in [0.15, 0.2) is 30.3 Å². The zero-order valence-corrected chi connectivity index (χ0v) is 7.62. The SMILES string of the molecule is CN.OC(c1ccccc1)C(F)(F)F. The van der Waals surface area contributed by atoms with Crippen molar-refractivity contribution in [2.24, 2.45) is 5.73 Å². The van der Waals surface area contributed by atoms with Gasteiger partial charge in [0.05, 0.1) is 0 Å². The molecule has 1 atom stereocenters. The number of aliphatic hydroxyl groups excluding tert-OH is 1. The predicted octanol–water partition coefficient (Wildman–Crippen LogP) is 1.86. The molecule has 0 spiro atoms. The molecule has 1 aromatic rings. The van der Waals surface area contributed by atoms with E-state index < -0.39 is 12.3 Å². The molecule has 0 amide bonds. The van der Waals surface area contributed by atoms with Gasteiger partial charge >= 0.3 is 6.18 Å². The van der Waals surface area contributed by atoms with Crippen LogP contribution >= 0.6 is 0 Å². The van der Waals surface area contributed by atoms with Crippen LogP contribution in [-0.4, -0.2) is 18.3 Å². The van der Waals surface area contributed by atoms with Crippen molar-refractivity contribution in [1.29, 1.82) is 0 Å². The van der Waals surface area contributed by atoms with Crippen molar-refractivity contribution < 1.29 is 18.3 Å². The zero-order valence-electron chi connectivity index (χ0n) is 7.62. The number of hydrogen-bond acceptors (Lipinski definition) is 2. The van der Waals surface area contributed by atoms with E-state index in [-0.39, 0.29) is 5.56 Å². The highest BCUT2D eigenvalue weighted by atomic mass is 19.4. The molecule has 0 aliphatic carbocycles. The standard InChI is InChI=1S/C8H7F3O.CH5N/c9-8(10,11)7(12)6-4-2-1-3-5-6;1-2/h1-5,7,12H;2H2,1H3. The summed E-state index contributed by atoms with van der Waals surface area (Å²) in [7, 11) is 1.50. The lowest BCUT2D eigenvalue weighted by molar-refractivity contribution is -0.206. The van der Waals surface area contributed by atoms with Gasteiger partial charge in [-0.25, -0.2) is 0 Å². The number of nitrogens with two attached hydrogens (primary N) is 1. The molecule has 2 nitrogen and oxygen atoms in total. The van der Waals surface area contributed by atoms with E-state index in [0.717, 1.165) is 0 Å². The molecule has 14 heavy (non-hydrogen) atoms. The zero-order chi connectivity index (χ0) is 11.2. The van der Waals surface area contributed by atoms with Crippen molar-refractivity contribution in [2.75, 3.05) is 7.05 Å². The first-order valence-electron chi connectivity index (χ1n) is 3.89. The molecular weight excluding hydrogens is 195 g/mol. The van der Waals surface area contributed by atoms with Crippen molar-refractivity contribution in [3.8, 4) is 0 Å². The predicted molar refractivity (Wildman–Crippen MR) is 47.6 cm³/mol. The van der Waals surface area contributed by atoms with E-state index in [1.165, 1.54) is 31.3 Å². The number of rotatable bonds is 1. The lowest BCUT2D eigenvalue weighted by Crippen LogP contribution is -2.19. The monoisotopic (exact) mass is 207 g/mol. The summed E-state index contributed by atoms with van der Waals surface area (Å²) < 4.78 is 35.7. The van der Waals surface area contributed by atoms with Crippen LogP contribution in [0.3, 0.4) is 0 Å². The van der Waals surface area contributed by atoms with Crippen molar-refractivity contribution in [1.82, 2.24) is 0 Å². The highest BCUT2D eigenvalue weighted by Gasteiger charge is 2.38. The normalized spacial score (nSPS) is 12.7. The quantitative estimate of drug-likeness (QED) is 0.738. The van der Waals surface area contributed by atoms with Gasteiger partial charge in [0.1, 0.15) is 0 Å². The van der Waals surface area contributed by atoms with Crippen molar-refractivity contribution in [3.05, 3.63) is 35.9 Å². The minimum absolute atomic E-state index is 0.134. The first-order chi connectivity index (χ1) is 6.52. The van der Waals surface area contributed by atoms with Gasteiger partial charge in [-0.2, -0.15) is 13.2 Å². The van der Waals surface area contributed by atoms with Gasteiger partial charge in [0, 0.05) is 0 Å². The molecule has 0 fully saturated rings. The summed E-state index contributed by atoms with van der Waals surface area (Å²) >= 11 is 0. The fourth-order valence-corrected chi connectivity index (χ4v) is 0.824. The fraction of sp³-hybridized carbons (Fsp3) is 0.333. The van der Waals surface area contributed by atoms with E-state index in [1.807, 2.05) is 0 Å². The number of hydrogen-bond donors (Lipinski definition) is 2. The Morgan fingerprint density at radius 1 is 1.14 bits per heavy atom. The molecule has 0 aliphatic rings. The molecule has 3 N–H and O–H groups in total. The number of alkyl halides is 3. The molecule has 0 heterocycles. The van der Waals surface area contributed by atoms with Gasteiger partial charge in [0.25, 0.3) is 0 Å². The van der Waals surface area contributed by atoms with E-state index in [4.69, 9.17) is 5.11 Å². The Morgan fingerprint density at radius 3 is 1.93 bits per heavy atom. The van der Waals surface area contributed by atoms with E-state index in [1.54, 1.807) is 6.07 Å². The molecule has 0 saturated heterocycles. The van der Waals surface area contributed by atoms with Crippen LogP contribution in [0.2, 0.25) is 0 Å². The van der Waals surface area contributed by atoms with Crippen LogP contribution in [0.5, 0.6) is 0 Å². The second-order valence-electron chi connectivity index (χ2n) is 2.35. The summed E-state index contributed by atoms with van der Waals surface area (Å²) in [5.41, 5.74) is 4.37. The van der Waals surface area contributed by atoms with E-state index in [2.05, 4.69) is 5.73 Å². The Hall–Kier alpha value is -1.07. The summed E-state index contributed by atoms with van der Waals surface area (Å²) in [5.74, 6) is 0. The summed E-state index contributed by atoms with van der Waals surface area (Å²) in [6, 6.07) is 6.96. The first kappa shape index (κ1) is 12.9. The second-order valence-corrected chi connectivity index (χ2v) is 2.35. The van der Waals surface area contributed by atoms with Crippen molar-refractivity contribution >= 4 is 0 Å². The maximum atomic E-state index is 11.9. The summed E-state index contributed by atoms with van der Waals surface area (Å²) in [4.78, 5) is 0. The van der Waals surface area contributed by atoms with Gasteiger partial charge in [-0.05, 0) is 12.6 Å². The third-order valence-corrected chi connectivity index (χ3v) is 1.43. The average molecular weight is 207 g/mol. The Morgan fingerprint density at radius 2 is 1.57 bits per heavy atom. The Kier molecular flexibility index (Phi) is 5.19. The van der Waals surface area contributed by atoms with Crippen LogP contribution < -0.4 is 5.73 Å². The lowest BCUT2D eigenvalue weighted by atomic mass is 10.1. The number of aliphatic hydroxyl groups is 1. The second kappa shape index (κ2) is 5.62. The van der Waals surface area contributed by atoms with Crippen LogP contribution in [0, 0.1) is 0 Å². The van der Waals surface area contributed by atoms with Gasteiger partial charge in [-0.3, -0.25) is 0 Å². The smallest absolute Gasteiger partial charge is 0.379 e. The van der Waals surface area contributed by atoms with Gasteiger partial charge in [0.2, 0.25) is 0 Å². The molecule has 1 rings (SSSR count). The minimum atomic E-state index is -4.58.